The molecule has 2 heterocycles. The van der Waals surface area contributed by atoms with Gasteiger partial charge < -0.3 is 10.6 Å². The highest BCUT2D eigenvalue weighted by molar-refractivity contribution is 7.13. The zero-order valence-electron chi connectivity index (χ0n) is 10.9. The molecule has 0 fully saturated rings. The van der Waals surface area contributed by atoms with E-state index in [1.165, 1.54) is 11.5 Å². The third-order valence-electron chi connectivity index (χ3n) is 2.28. The maximum atomic E-state index is 4.48. The smallest absolute Gasteiger partial charge is 0.202 e. The molecular weight excluding hydrogens is 266 g/mol. The van der Waals surface area contributed by atoms with Gasteiger partial charge in [0.05, 0.1) is 12.2 Å². The molecule has 0 unspecified atom stereocenters. The number of anilines is 2. The summed E-state index contributed by atoms with van der Waals surface area (Å²) < 4.78 is 4.36. The SMILES string of the molecule is CNc1nc(CNc2nc(C(C)(C)C)ns2)cs1. The largest absolute Gasteiger partial charge is 0.365 e. The monoisotopic (exact) mass is 283 g/mol. The maximum absolute atomic E-state index is 4.48. The van der Waals surface area contributed by atoms with Crippen LogP contribution in [0.3, 0.4) is 0 Å². The molecule has 5 nitrogen and oxygen atoms in total. The highest BCUT2D eigenvalue weighted by Gasteiger charge is 2.19. The van der Waals surface area contributed by atoms with Crippen LogP contribution in [-0.2, 0) is 12.0 Å². The van der Waals surface area contributed by atoms with E-state index in [4.69, 9.17) is 0 Å². The molecule has 2 aromatic rings. The number of hydrogen-bond acceptors (Lipinski definition) is 7. The molecule has 7 heteroatoms. The van der Waals surface area contributed by atoms with Crippen LogP contribution < -0.4 is 10.6 Å². The molecule has 2 aromatic heterocycles. The number of rotatable bonds is 4. The first-order valence-electron chi connectivity index (χ1n) is 5.69. The van der Waals surface area contributed by atoms with Crippen molar-refractivity contribution in [2.45, 2.75) is 32.7 Å². The molecule has 98 valence electrons. The number of nitrogens with zero attached hydrogens (tertiary/aromatic N) is 3. The molecule has 2 rings (SSSR count). The average molecular weight is 283 g/mol. The van der Waals surface area contributed by atoms with Crippen LogP contribution in [0.2, 0.25) is 0 Å². The Labute approximate surface area is 115 Å². The zero-order chi connectivity index (χ0) is 13.2. The Kier molecular flexibility index (Phi) is 3.82. The summed E-state index contributed by atoms with van der Waals surface area (Å²) >= 11 is 3.00. The molecule has 0 saturated heterocycles. The van der Waals surface area contributed by atoms with Gasteiger partial charge in [0.15, 0.2) is 5.13 Å². The lowest BCUT2D eigenvalue weighted by Crippen LogP contribution is -2.13. The van der Waals surface area contributed by atoms with Gasteiger partial charge in [-0.15, -0.1) is 11.3 Å². The Morgan fingerprint density at radius 1 is 1.22 bits per heavy atom. The summed E-state index contributed by atoms with van der Waals surface area (Å²) in [5, 5.41) is 10.1. The Morgan fingerprint density at radius 3 is 2.56 bits per heavy atom. The number of nitrogens with one attached hydrogen (secondary N) is 2. The molecular formula is C11H17N5S2. The molecule has 0 aromatic carbocycles. The van der Waals surface area contributed by atoms with Crippen molar-refractivity contribution in [3.63, 3.8) is 0 Å². The first-order chi connectivity index (χ1) is 8.49. The van der Waals surface area contributed by atoms with E-state index >= 15 is 0 Å². The van der Waals surface area contributed by atoms with E-state index in [2.05, 4.69) is 45.7 Å². The van der Waals surface area contributed by atoms with Gasteiger partial charge in [-0.25, -0.2) is 9.97 Å². The number of hydrogen-bond donors (Lipinski definition) is 2. The lowest BCUT2D eigenvalue weighted by molar-refractivity contribution is 0.555. The van der Waals surface area contributed by atoms with Gasteiger partial charge >= 0.3 is 0 Å². The summed E-state index contributed by atoms with van der Waals surface area (Å²) in [5.41, 5.74) is 1.01. The van der Waals surface area contributed by atoms with E-state index in [1.807, 2.05) is 12.4 Å². The molecule has 0 saturated carbocycles. The Balaban J connectivity index is 1.96. The van der Waals surface area contributed by atoms with Gasteiger partial charge in [-0.2, -0.15) is 4.37 Å². The summed E-state index contributed by atoms with van der Waals surface area (Å²) in [6.45, 7) is 7.01. The molecule has 0 amide bonds. The van der Waals surface area contributed by atoms with E-state index < -0.39 is 0 Å². The molecule has 0 aliphatic rings. The lowest BCUT2D eigenvalue weighted by atomic mass is 9.96. The molecule has 0 bridgehead atoms. The second-order valence-electron chi connectivity index (χ2n) is 4.92. The predicted molar refractivity (Wildman–Crippen MR) is 77.6 cm³/mol. The van der Waals surface area contributed by atoms with Crippen molar-refractivity contribution >= 4 is 33.1 Å². The molecule has 2 N–H and O–H groups in total. The van der Waals surface area contributed by atoms with Crippen molar-refractivity contribution in [3.05, 3.63) is 16.9 Å². The number of thiazole rings is 1. The molecule has 0 spiro atoms. The van der Waals surface area contributed by atoms with Crippen molar-refractivity contribution in [1.82, 2.24) is 14.3 Å². The van der Waals surface area contributed by atoms with Crippen LogP contribution in [0.15, 0.2) is 5.38 Å². The first-order valence-corrected chi connectivity index (χ1v) is 7.34. The summed E-state index contributed by atoms with van der Waals surface area (Å²) in [6, 6.07) is 0. The highest BCUT2D eigenvalue weighted by atomic mass is 32.1. The van der Waals surface area contributed by atoms with E-state index in [1.54, 1.807) is 11.3 Å². The van der Waals surface area contributed by atoms with Crippen LogP contribution in [0, 0.1) is 0 Å². The van der Waals surface area contributed by atoms with Crippen LogP contribution in [0.25, 0.3) is 0 Å². The van der Waals surface area contributed by atoms with Crippen molar-refractivity contribution in [2.24, 2.45) is 0 Å². The fraction of sp³-hybridized carbons (Fsp3) is 0.545. The summed E-state index contributed by atoms with van der Waals surface area (Å²) in [7, 11) is 1.87. The van der Waals surface area contributed by atoms with Crippen LogP contribution in [0.4, 0.5) is 10.3 Å². The van der Waals surface area contributed by atoms with Crippen molar-refractivity contribution < 1.29 is 0 Å². The van der Waals surface area contributed by atoms with Crippen LogP contribution in [0.1, 0.15) is 32.3 Å². The van der Waals surface area contributed by atoms with E-state index in [0.29, 0.717) is 6.54 Å². The van der Waals surface area contributed by atoms with Gasteiger partial charge in [-0.3, -0.25) is 0 Å². The lowest BCUT2D eigenvalue weighted by Gasteiger charge is -2.12. The van der Waals surface area contributed by atoms with E-state index in [0.717, 1.165) is 21.8 Å². The standard InChI is InChI=1S/C11H17N5S2/c1-11(2,3)8-15-10(18-16-8)13-5-7-6-17-9(12-4)14-7/h6H,5H2,1-4H3,(H,12,14)(H,13,15,16). The fourth-order valence-electron chi connectivity index (χ4n) is 1.27. The second kappa shape index (κ2) is 5.19. The van der Waals surface area contributed by atoms with E-state index in [-0.39, 0.29) is 5.41 Å². The first kappa shape index (κ1) is 13.2. The summed E-state index contributed by atoms with van der Waals surface area (Å²) in [4.78, 5) is 8.88. The van der Waals surface area contributed by atoms with Gasteiger partial charge in [0.2, 0.25) is 5.13 Å². The molecule has 0 radical (unpaired) electrons. The van der Waals surface area contributed by atoms with Gasteiger partial charge in [0, 0.05) is 29.4 Å². The zero-order valence-corrected chi connectivity index (χ0v) is 12.6. The van der Waals surface area contributed by atoms with Crippen LogP contribution in [0.5, 0.6) is 0 Å². The van der Waals surface area contributed by atoms with Gasteiger partial charge in [0.1, 0.15) is 5.82 Å². The Morgan fingerprint density at radius 2 is 2.00 bits per heavy atom. The maximum Gasteiger partial charge on any atom is 0.202 e. The van der Waals surface area contributed by atoms with Crippen molar-refractivity contribution in [1.29, 1.82) is 0 Å². The second-order valence-corrected chi connectivity index (χ2v) is 6.53. The normalized spacial score (nSPS) is 11.6. The number of aromatic nitrogens is 3. The Hall–Kier alpha value is -1.21. The minimum Gasteiger partial charge on any atom is -0.365 e. The molecule has 18 heavy (non-hydrogen) atoms. The summed E-state index contributed by atoms with van der Waals surface area (Å²) in [6.07, 6.45) is 0. The molecule has 0 aliphatic carbocycles. The van der Waals surface area contributed by atoms with E-state index in [9.17, 15) is 0 Å². The fourth-order valence-corrected chi connectivity index (χ4v) is 2.69. The average Bonchev–Trinajstić information content (AvgIpc) is 2.94. The van der Waals surface area contributed by atoms with Gasteiger partial charge in [-0.1, -0.05) is 20.8 Å². The van der Waals surface area contributed by atoms with Crippen molar-refractivity contribution in [2.75, 3.05) is 17.7 Å². The third-order valence-corrected chi connectivity index (χ3v) is 3.86. The minimum atomic E-state index is -0.00361. The van der Waals surface area contributed by atoms with Gasteiger partial charge in [0.25, 0.3) is 0 Å². The Bertz CT molecular complexity index is 511. The third kappa shape index (κ3) is 3.17. The predicted octanol–water partition coefficient (Wildman–Crippen LogP) is 2.95. The summed E-state index contributed by atoms with van der Waals surface area (Å²) in [5.74, 6) is 0.879. The van der Waals surface area contributed by atoms with Crippen molar-refractivity contribution in [3.8, 4) is 0 Å². The van der Waals surface area contributed by atoms with Crippen LogP contribution >= 0.6 is 22.9 Å². The molecule has 0 aliphatic heterocycles. The minimum absolute atomic E-state index is 0.00361. The quantitative estimate of drug-likeness (QED) is 0.903. The van der Waals surface area contributed by atoms with Crippen LogP contribution in [-0.4, -0.2) is 21.4 Å². The highest BCUT2D eigenvalue weighted by Crippen LogP contribution is 2.23. The van der Waals surface area contributed by atoms with Gasteiger partial charge in [-0.05, 0) is 0 Å². The molecule has 0 atom stereocenters. The topological polar surface area (TPSA) is 62.7 Å².